The Bertz CT molecular complexity index is 797. The molecule has 3 aromatic rings. The van der Waals surface area contributed by atoms with Gasteiger partial charge in [0.1, 0.15) is 5.82 Å². The van der Waals surface area contributed by atoms with Crippen molar-refractivity contribution in [1.29, 1.82) is 0 Å². The van der Waals surface area contributed by atoms with Gasteiger partial charge in [-0.1, -0.05) is 42.5 Å². The monoisotopic (exact) mass is 322 g/mol. The lowest BCUT2D eigenvalue weighted by Crippen LogP contribution is -2.01. The maximum Gasteiger partial charge on any atom is 0.193 e. The quantitative estimate of drug-likeness (QED) is 0.465. The van der Waals surface area contributed by atoms with Crippen LogP contribution in [0.1, 0.15) is 21.5 Å². The molecule has 0 aliphatic heterocycles. The van der Waals surface area contributed by atoms with Gasteiger partial charge in [-0.2, -0.15) is 0 Å². The van der Waals surface area contributed by atoms with E-state index in [0.29, 0.717) is 11.1 Å². The van der Waals surface area contributed by atoms with E-state index < -0.39 is 5.82 Å². The lowest BCUT2D eigenvalue weighted by Gasteiger charge is -2.05. The van der Waals surface area contributed by atoms with Crippen molar-refractivity contribution in [2.45, 2.75) is 10.6 Å². The van der Waals surface area contributed by atoms with Gasteiger partial charge in [0.25, 0.3) is 0 Å². The van der Waals surface area contributed by atoms with Gasteiger partial charge in [-0.25, -0.2) is 4.39 Å². The Hall–Kier alpha value is -2.39. The fourth-order valence-electron chi connectivity index (χ4n) is 2.24. The van der Waals surface area contributed by atoms with Crippen LogP contribution in [0, 0.1) is 5.82 Å². The first-order chi connectivity index (χ1) is 11.2. The Kier molecular flexibility index (Phi) is 4.89. The molecule has 0 spiro atoms. The molecule has 0 bridgehead atoms. The molecule has 3 aromatic carbocycles. The van der Waals surface area contributed by atoms with Gasteiger partial charge in [0.2, 0.25) is 0 Å². The van der Waals surface area contributed by atoms with Gasteiger partial charge in [-0.3, -0.25) is 4.79 Å². The summed E-state index contributed by atoms with van der Waals surface area (Å²) < 4.78 is 13.2. The van der Waals surface area contributed by atoms with E-state index in [-0.39, 0.29) is 5.78 Å². The fraction of sp³-hybridized carbons (Fsp3) is 0.0500. The van der Waals surface area contributed by atoms with Crippen LogP contribution in [0.15, 0.2) is 83.8 Å². The number of halogens is 1. The van der Waals surface area contributed by atoms with E-state index in [4.69, 9.17) is 0 Å². The highest BCUT2D eigenvalue weighted by molar-refractivity contribution is 7.98. The third-order valence-electron chi connectivity index (χ3n) is 3.45. The summed E-state index contributed by atoms with van der Waals surface area (Å²) in [5.74, 6) is 0.327. The highest BCUT2D eigenvalue weighted by atomic mass is 32.2. The molecule has 1 nitrogen and oxygen atoms in total. The van der Waals surface area contributed by atoms with E-state index in [1.165, 1.54) is 17.7 Å². The summed E-state index contributed by atoms with van der Waals surface area (Å²) in [5.41, 5.74) is 2.20. The van der Waals surface area contributed by atoms with Crippen molar-refractivity contribution in [3.05, 3.63) is 101 Å². The van der Waals surface area contributed by atoms with Gasteiger partial charge < -0.3 is 0 Å². The molecule has 0 aliphatic carbocycles. The zero-order valence-corrected chi connectivity index (χ0v) is 13.2. The molecule has 0 heterocycles. The molecule has 0 aliphatic rings. The van der Waals surface area contributed by atoms with E-state index >= 15 is 0 Å². The maximum atomic E-state index is 13.2. The van der Waals surface area contributed by atoms with E-state index in [1.807, 2.05) is 30.3 Å². The molecule has 0 saturated carbocycles. The Morgan fingerprint density at radius 3 is 2.26 bits per heavy atom. The zero-order chi connectivity index (χ0) is 16.1. The van der Waals surface area contributed by atoms with Crippen LogP contribution in [0.5, 0.6) is 0 Å². The first-order valence-corrected chi connectivity index (χ1v) is 8.28. The molecular weight excluding hydrogens is 307 g/mol. The van der Waals surface area contributed by atoms with Crippen LogP contribution in [0.4, 0.5) is 4.39 Å². The fourth-order valence-corrected chi connectivity index (χ4v) is 3.09. The topological polar surface area (TPSA) is 17.1 Å². The predicted octanol–water partition coefficient (Wildman–Crippen LogP) is 5.35. The van der Waals surface area contributed by atoms with Gasteiger partial charge in [-0.05, 0) is 42.0 Å². The Morgan fingerprint density at radius 1 is 0.826 bits per heavy atom. The van der Waals surface area contributed by atoms with Crippen molar-refractivity contribution in [3.63, 3.8) is 0 Å². The molecule has 3 rings (SSSR count). The lowest BCUT2D eigenvalue weighted by atomic mass is 10.0. The summed E-state index contributed by atoms with van der Waals surface area (Å²) in [7, 11) is 0. The number of rotatable bonds is 5. The number of hydrogen-bond donors (Lipinski definition) is 0. The lowest BCUT2D eigenvalue weighted by molar-refractivity contribution is 0.103. The van der Waals surface area contributed by atoms with Crippen LogP contribution < -0.4 is 0 Å². The standard InChI is InChI=1S/C20H15FOS/c21-18-8-4-7-17(13-18)20(22)16-9-11-19(12-10-16)23-14-15-5-2-1-3-6-15/h1-13H,14H2. The normalized spacial score (nSPS) is 10.5. The number of carbonyl (C=O) groups excluding carboxylic acids is 1. The van der Waals surface area contributed by atoms with E-state index in [1.54, 1.807) is 36.0 Å². The summed E-state index contributed by atoms with van der Waals surface area (Å²) in [4.78, 5) is 13.4. The van der Waals surface area contributed by atoms with Crippen molar-refractivity contribution in [2.24, 2.45) is 0 Å². The molecule has 0 saturated heterocycles. The molecule has 0 aromatic heterocycles. The van der Waals surface area contributed by atoms with Crippen LogP contribution in [-0.4, -0.2) is 5.78 Å². The molecule has 0 atom stereocenters. The second-order valence-electron chi connectivity index (χ2n) is 5.14. The highest BCUT2D eigenvalue weighted by Gasteiger charge is 2.09. The van der Waals surface area contributed by atoms with Gasteiger partial charge in [0, 0.05) is 21.8 Å². The number of carbonyl (C=O) groups is 1. The molecule has 3 heteroatoms. The minimum Gasteiger partial charge on any atom is -0.289 e. The minimum absolute atomic E-state index is 0.163. The van der Waals surface area contributed by atoms with Gasteiger partial charge >= 0.3 is 0 Å². The first-order valence-electron chi connectivity index (χ1n) is 7.29. The predicted molar refractivity (Wildman–Crippen MR) is 92.3 cm³/mol. The second-order valence-corrected chi connectivity index (χ2v) is 6.19. The Morgan fingerprint density at radius 2 is 1.57 bits per heavy atom. The molecule has 0 unspecified atom stereocenters. The Labute approximate surface area is 139 Å². The van der Waals surface area contributed by atoms with Crippen molar-refractivity contribution < 1.29 is 9.18 Å². The smallest absolute Gasteiger partial charge is 0.193 e. The summed E-state index contributed by atoms with van der Waals surface area (Å²) in [6.07, 6.45) is 0. The number of thioether (sulfide) groups is 1. The molecule has 114 valence electrons. The van der Waals surface area contributed by atoms with Gasteiger partial charge in [-0.15, -0.1) is 11.8 Å². The molecule has 0 N–H and O–H groups in total. The molecule has 0 amide bonds. The summed E-state index contributed by atoms with van der Waals surface area (Å²) in [5, 5.41) is 0. The van der Waals surface area contributed by atoms with Crippen molar-refractivity contribution in [2.75, 3.05) is 0 Å². The van der Waals surface area contributed by atoms with Crippen molar-refractivity contribution in [1.82, 2.24) is 0 Å². The summed E-state index contributed by atoms with van der Waals surface area (Å²) >= 11 is 1.72. The molecule has 0 radical (unpaired) electrons. The van der Waals surface area contributed by atoms with Gasteiger partial charge in [0.05, 0.1) is 0 Å². The van der Waals surface area contributed by atoms with E-state index in [0.717, 1.165) is 10.6 Å². The van der Waals surface area contributed by atoms with Crippen LogP contribution >= 0.6 is 11.8 Å². The SMILES string of the molecule is O=C(c1ccc(SCc2ccccc2)cc1)c1cccc(F)c1. The van der Waals surface area contributed by atoms with Crippen molar-refractivity contribution >= 4 is 17.5 Å². The van der Waals surface area contributed by atoms with E-state index in [9.17, 15) is 9.18 Å². The number of benzene rings is 3. The molecule has 0 fully saturated rings. The van der Waals surface area contributed by atoms with Crippen LogP contribution in [0.2, 0.25) is 0 Å². The van der Waals surface area contributed by atoms with Crippen LogP contribution in [0.25, 0.3) is 0 Å². The van der Waals surface area contributed by atoms with Gasteiger partial charge in [0.15, 0.2) is 5.78 Å². The zero-order valence-electron chi connectivity index (χ0n) is 12.4. The summed E-state index contributed by atoms with van der Waals surface area (Å²) in [6.45, 7) is 0. The van der Waals surface area contributed by atoms with Crippen LogP contribution in [0.3, 0.4) is 0 Å². The minimum atomic E-state index is -0.397. The summed E-state index contributed by atoms with van der Waals surface area (Å²) in [6, 6.07) is 23.5. The number of ketones is 1. The van der Waals surface area contributed by atoms with E-state index in [2.05, 4.69) is 12.1 Å². The largest absolute Gasteiger partial charge is 0.289 e. The molecule has 23 heavy (non-hydrogen) atoms. The highest BCUT2D eigenvalue weighted by Crippen LogP contribution is 2.23. The average molecular weight is 322 g/mol. The third kappa shape index (κ3) is 4.08. The molecular formula is C20H15FOS. The average Bonchev–Trinajstić information content (AvgIpc) is 2.61. The maximum absolute atomic E-state index is 13.2. The second kappa shape index (κ2) is 7.25. The van der Waals surface area contributed by atoms with Crippen LogP contribution in [-0.2, 0) is 5.75 Å². The van der Waals surface area contributed by atoms with Crippen molar-refractivity contribution in [3.8, 4) is 0 Å². The number of hydrogen-bond acceptors (Lipinski definition) is 2. The Balaban J connectivity index is 1.68. The first kappa shape index (κ1) is 15.5. The third-order valence-corrected chi connectivity index (χ3v) is 4.53.